The van der Waals surface area contributed by atoms with Gasteiger partial charge < -0.3 is 9.64 Å². The van der Waals surface area contributed by atoms with Gasteiger partial charge in [0.15, 0.2) is 0 Å². The summed E-state index contributed by atoms with van der Waals surface area (Å²) < 4.78 is 6.73. The molecule has 1 aromatic heterocycles. The van der Waals surface area contributed by atoms with Gasteiger partial charge in [0.2, 0.25) is 5.91 Å². The van der Waals surface area contributed by atoms with Crippen molar-refractivity contribution in [1.82, 2.24) is 14.7 Å². The first-order valence-corrected chi connectivity index (χ1v) is 7.23. The highest BCUT2D eigenvalue weighted by Gasteiger charge is 2.27. The number of nitrogens with zero attached hydrogens (tertiary/aromatic N) is 3. The molecule has 6 nitrogen and oxygen atoms in total. The fraction of sp³-hybridized carbons (Fsp3) is 0.533. The Morgan fingerprint density at radius 3 is 2.71 bits per heavy atom. The highest BCUT2D eigenvalue weighted by Crippen LogP contribution is 2.19. The number of likely N-dealkylation sites (tertiary alicyclic amines) is 1. The number of hydrogen-bond donors (Lipinski definition) is 0. The van der Waals surface area contributed by atoms with E-state index in [1.54, 1.807) is 34.9 Å². The Kier molecular flexibility index (Phi) is 5.14. The summed E-state index contributed by atoms with van der Waals surface area (Å²) in [6, 6.07) is 1.84. The van der Waals surface area contributed by atoms with E-state index in [0.29, 0.717) is 32.5 Å². The summed E-state index contributed by atoms with van der Waals surface area (Å²) >= 11 is 0. The molecule has 0 saturated carbocycles. The van der Waals surface area contributed by atoms with Gasteiger partial charge in [0.1, 0.15) is 0 Å². The second kappa shape index (κ2) is 7.06. The normalized spacial score (nSPS) is 16.4. The van der Waals surface area contributed by atoms with E-state index in [0.717, 1.165) is 5.69 Å². The lowest BCUT2D eigenvalue weighted by molar-refractivity contribution is -0.150. The van der Waals surface area contributed by atoms with Crippen LogP contribution in [0.1, 0.15) is 25.5 Å². The third-order valence-electron chi connectivity index (χ3n) is 3.68. The third-order valence-corrected chi connectivity index (χ3v) is 3.68. The van der Waals surface area contributed by atoms with Crippen LogP contribution in [0.4, 0.5) is 0 Å². The van der Waals surface area contributed by atoms with E-state index in [-0.39, 0.29) is 17.8 Å². The minimum Gasteiger partial charge on any atom is -0.466 e. The fourth-order valence-corrected chi connectivity index (χ4v) is 2.41. The molecule has 0 spiro atoms. The molecular weight excluding hydrogens is 270 g/mol. The van der Waals surface area contributed by atoms with Gasteiger partial charge in [0, 0.05) is 32.4 Å². The van der Waals surface area contributed by atoms with Crippen LogP contribution >= 0.6 is 0 Å². The van der Waals surface area contributed by atoms with Crippen molar-refractivity contribution in [1.29, 1.82) is 0 Å². The van der Waals surface area contributed by atoms with Crippen LogP contribution in [0.25, 0.3) is 6.08 Å². The smallest absolute Gasteiger partial charge is 0.309 e. The molecule has 1 saturated heterocycles. The van der Waals surface area contributed by atoms with Gasteiger partial charge >= 0.3 is 5.97 Å². The molecule has 1 fully saturated rings. The summed E-state index contributed by atoms with van der Waals surface area (Å²) in [5.74, 6) is -0.247. The minimum atomic E-state index is -0.143. The van der Waals surface area contributed by atoms with Crippen LogP contribution in [-0.4, -0.2) is 46.3 Å². The number of carbonyl (C=O) groups excluding carboxylic acids is 2. The maximum absolute atomic E-state index is 12.1. The highest BCUT2D eigenvalue weighted by atomic mass is 16.5. The molecule has 1 aromatic rings. The molecule has 0 bridgehead atoms. The first-order valence-electron chi connectivity index (χ1n) is 7.23. The zero-order chi connectivity index (χ0) is 15.2. The van der Waals surface area contributed by atoms with Crippen LogP contribution in [0.5, 0.6) is 0 Å². The van der Waals surface area contributed by atoms with Crippen molar-refractivity contribution in [2.75, 3.05) is 19.7 Å². The average Bonchev–Trinajstić information content (AvgIpc) is 2.90. The largest absolute Gasteiger partial charge is 0.466 e. The van der Waals surface area contributed by atoms with Crippen molar-refractivity contribution in [3.8, 4) is 0 Å². The first kappa shape index (κ1) is 15.3. The van der Waals surface area contributed by atoms with Gasteiger partial charge in [-0.15, -0.1) is 0 Å². The first-order chi connectivity index (χ1) is 10.1. The third kappa shape index (κ3) is 3.93. The number of amides is 1. The molecule has 2 rings (SSSR count). The Hall–Kier alpha value is -2.11. The van der Waals surface area contributed by atoms with Crippen LogP contribution in [-0.2, 0) is 21.4 Å². The monoisotopic (exact) mass is 291 g/mol. The summed E-state index contributed by atoms with van der Waals surface area (Å²) in [7, 11) is 1.83. The lowest BCUT2D eigenvalue weighted by Crippen LogP contribution is -2.39. The SMILES string of the molecule is CCOC(=O)C1CCN(C(=O)/C=C/c2ccnn2C)CC1. The molecule has 1 aliphatic heterocycles. The van der Waals surface area contributed by atoms with E-state index in [9.17, 15) is 9.59 Å². The van der Waals surface area contributed by atoms with E-state index >= 15 is 0 Å². The number of esters is 1. The van der Waals surface area contributed by atoms with Crippen molar-refractivity contribution in [3.05, 3.63) is 24.0 Å². The molecule has 6 heteroatoms. The van der Waals surface area contributed by atoms with Gasteiger partial charge in [-0.05, 0) is 31.9 Å². The molecule has 0 radical (unpaired) electrons. The highest BCUT2D eigenvalue weighted by molar-refractivity contribution is 5.91. The fourth-order valence-electron chi connectivity index (χ4n) is 2.41. The summed E-state index contributed by atoms with van der Waals surface area (Å²) in [5.41, 5.74) is 0.879. The van der Waals surface area contributed by atoms with Crippen LogP contribution in [0.3, 0.4) is 0 Å². The van der Waals surface area contributed by atoms with Crippen LogP contribution in [0, 0.1) is 5.92 Å². The zero-order valence-corrected chi connectivity index (χ0v) is 12.5. The number of hydrogen-bond acceptors (Lipinski definition) is 4. The van der Waals surface area contributed by atoms with Gasteiger partial charge in [0.25, 0.3) is 0 Å². The number of aromatic nitrogens is 2. The Bertz CT molecular complexity index is 528. The maximum atomic E-state index is 12.1. The second-order valence-corrected chi connectivity index (χ2v) is 5.06. The number of carbonyl (C=O) groups is 2. The lowest BCUT2D eigenvalue weighted by atomic mass is 9.97. The topological polar surface area (TPSA) is 64.4 Å². The van der Waals surface area contributed by atoms with Crippen molar-refractivity contribution in [3.63, 3.8) is 0 Å². The Balaban J connectivity index is 1.84. The van der Waals surface area contributed by atoms with Crippen molar-refractivity contribution in [2.24, 2.45) is 13.0 Å². The number of piperidine rings is 1. The molecule has 114 valence electrons. The summed E-state index contributed by atoms with van der Waals surface area (Å²) in [4.78, 5) is 25.5. The number of aryl methyl sites for hydroxylation is 1. The van der Waals surface area contributed by atoms with Gasteiger partial charge in [-0.25, -0.2) is 0 Å². The van der Waals surface area contributed by atoms with E-state index in [1.165, 1.54) is 0 Å². The van der Waals surface area contributed by atoms with Gasteiger partial charge in [-0.2, -0.15) is 5.10 Å². The molecule has 0 unspecified atom stereocenters. The van der Waals surface area contributed by atoms with Gasteiger partial charge in [-0.3, -0.25) is 14.3 Å². The molecule has 21 heavy (non-hydrogen) atoms. The van der Waals surface area contributed by atoms with Crippen molar-refractivity contribution >= 4 is 18.0 Å². The van der Waals surface area contributed by atoms with E-state index in [1.807, 2.05) is 13.1 Å². The number of ether oxygens (including phenoxy) is 1. The average molecular weight is 291 g/mol. The zero-order valence-electron chi connectivity index (χ0n) is 12.5. The van der Waals surface area contributed by atoms with E-state index in [4.69, 9.17) is 4.74 Å². The van der Waals surface area contributed by atoms with Gasteiger partial charge in [0.05, 0.1) is 18.2 Å². The molecule has 2 heterocycles. The van der Waals surface area contributed by atoms with Crippen LogP contribution < -0.4 is 0 Å². The molecule has 0 atom stereocenters. The molecule has 1 aliphatic rings. The molecule has 0 aliphatic carbocycles. The number of rotatable bonds is 4. The Labute approximate surface area is 124 Å². The van der Waals surface area contributed by atoms with Crippen molar-refractivity contribution < 1.29 is 14.3 Å². The quantitative estimate of drug-likeness (QED) is 0.618. The van der Waals surface area contributed by atoms with Crippen LogP contribution in [0.15, 0.2) is 18.3 Å². The Morgan fingerprint density at radius 2 is 2.14 bits per heavy atom. The predicted octanol–water partition coefficient (Wildman–Crippen LogP) is 1.23. The van der Waals surface area contributed by atoms with Gasteiger partial charge in [-0.1, -0.05) is 0 Å². The summed E-state index contributed by atoms with van der Waals surface area (Å²) in [6.07, 6.45) is 6.34. The Morgan fingerprint density at radius 1 is 1.43 bits per heavy atom. The molecule has 0 N–H and O–H groups in total. The second-order valence-electron chi connectivity index (χ2n) is 5.06. The standard InChI is InChI=1S/C15H21N3O3/c1-3-21-15(20)12-7-10-18(11-8-12)14(19)5-4-13-6-9-16-17(13)2/h4-6,9,12H,3,7-8,10-11H2,1-2H3/b5-4+. The summed E-state index contributed by atoms with van der Waals surface area (Å²) in [6.45, 7) is 3.40. The summed E-state index contributed by atoms with van der Waals surface area (Å²) in [5, 5.41) is 4.04. The molecule has 1 amide bonds. The predicted molar refractivity (Wildman–Crippen MR) is 78.2 cm³/mol. The van der Waals surface area contributed by atoms with E-state index in [2.05, 4.69) is 5.10 Å². The minimum absolute atomic E-state index is 0.0292. The maximum Gasteiger partial charge on any atom is 0.309 e. The van der Waals surface area contributed by atoms with E-state index < -0.39 is 0 Å². The molecule has 0 aromatic carbocycles. The van der Waals surface area contributed by atoms with Crippen LogP contribution in [0.2, 0.25) is 0 Å². The molecular formula is C15H21N3O3. The van der Waals surface area contributed by atoms with Crippen molar-refractivity contribution in [2.45, 2.75) is 19.8 Å². The lowest BCUT2D eigenvalue weighted by Gasteiger charge is -2.30.